The Labute approximate surface area is 78.7 Å². The maximum Gasteiger partial charge on any atom is 0.188 e. The fraction of sp³-hybridized carbons (Fsp3) is 0. The molecular formula is C9H7BrO2. The van der Waals surface area contributed by atoms with Gasteiger partial charge < -0.3 is 5.11 Å². The molecule has 0 bridgehead atoms. The number of rotatable bonds is 2. The van der Waals surface area contributed by atoms with Gasteiger partial charge in [0.25, 0.3) is 0 Å². The van der Waals surface area contributed by atoms with Crippen molar-refractivity contribution in [1.29, 1.82) is 0 Å². The first-order valence-corrected chi connectivity index (χ1v) is 4.14. The van der Waals surface area contributed by atoms with Crippen LogP contribution in [-0.2, 0) is 0 Å². The molecule has 0 amide bonds. The maximum atomic E-state index is 11.1. The van der Waals surface area contributed by atoms with Crippen molar-refractivity contribution in [2.45, 2.75) is 0 Å². The molecule has 0 aliphatic carbocycles. The van der Waals surface area contributed by atoms with Crippen molar-refractivity contribution in [3.05, 3.63) is 46.6 Å². The summed E-state index contributed by atoms with van der Waals surface area (Å²) < 4.78 is 0.923. The third-order valence-corrected chi connectivity index (χ3v) is 1.88. The number of ketones is 1. The topological polar surface area (TPSA) is 37.3 Å². The molecular weight excluding hydrogens is 220 g/mol. The van der Waals surface area contributed by atoms with Crippen LogP contribution in [0.15, 0.2) is 41.1 Å². The molecule has 0 atom stereocenters. The largest absolute Gasteiger partial charge is 0.515 e. The minimum Gasteiger partial charge on any atom is -0.515 e. The van der Waals surface area contributed by atoms with Crippen LogP contribution in [0.25, 0.3) is 0 Å². The summed E-state index contributed by atoms with van der Waals surface area (Å²) in [6, 6.07) is 6.93. The minimum atomic E-state index is -0.204. The summed E-state index contributed by atoms with van der Waals surface area (Å²) in [7, 11) is 0. The van der Waals surface area contributed by atoms with Crippen LogP contribution < -0.4 is 0 Å². The van der Waals surface area contributed by atoms with Crippen molar-refractivity contribution in [2.75, 3.05) is 0 Å². The Morgan fingerprint density at radius 2 is 1.92 bits per heavy atom. The fourth-order valence-electron chi connectivity index (χ4n) is 0.778. The second-order valence-corrected chi connectivity index (χ2v) is 3.10. The zero-order valence-electron chi connectivity index (χ0n) is 6.20. The molecule has 1 N–H and O–H groups in total. The lowest BCUT2D eigenvalue weighted by Crippen LogP contribution is -1.92. The lowest BCUT2D eigenvalue weighted by atomic mass is 10.1. The minimum absolute atomic E-state index is 0.204. The van der Waals surface area contributed by atoms with Gasteiger partial charge in [0.2, 0.25) is 0 Å². The average molecular weight is 227 g/mol. The lowest BCUT2D eigenvalue weighted by Gasteiger charge is -1.94. The van der Waals surface area contributed by atoms with Crippen LogP contribution in [0.1, 0.15) is 10.4 Å². The summed E-state index contributed by atoms with van der Waals surface area (Å²) in [5.41, 5.74) is 0.559. The van der Waals surface area contributed by atoms with Gasteiger partial charge in [0, 0.05) is 16.1 Å². The number of benzene rings is 1. The van der Waals surface area contributed by atoms with E-state index < -0.39 is 0 Å². The highest BCUT2D eigenvalue weighted by atomic mass is 79.9. The lowest BCUT2D eigenvalue weighted by molar-refractivity contribution is 0.104. The molecule has 0 aliphatic rings. The Bertz CT molecular complexity index is 301. The predicted octanol–water partition coefficient (Wildman–Crippen LogP) is 2.70. The third kappa shape index (κ3) is 2.20. The van der Waals surface area contributed by atoms with E-state index in [9.17, 15) is 4.79 Å². The second kappa shape index (κ2) is 4.07. The predicted molar refractivity (Wildman–Crippen MR) is 50.2 cm³/mol. The Hall–Kier alpha value is -1.09. The zero-order chi connectivity index (χ0) is 8.97. The molecule has 0 aromatic heterocycles. The van der Waals surface area contributed by atoms with E-state index in [0.717, 1.165) is 16.8 Å². The van der Waals surface area contributed by atoms with E-state index in [-0.39, 0.29) is 5.78 Å². The molecule has 0 spiro atoms. The standard InChI is InChI=1S/C9H7BrO2/c10-8-3-1-7(2-4-8)9(12)5-6-11/h1-6,11H. The summed E-state index contributed by atoms with van der Waals surface area (Å²) in [4.78, 5) is 11.1. The summed E-state index contributed by atoms with van der Waals surface area (Å²) in [6.07, 6.45) is 1.85. The average Bonchev–Trinajstić information content (AvgIpc) is 2.06. The van der Waals surface area contributed by atoms with E-state index in [4.69, 9.17) is 5.11 Å². The highest BCUT2D eigenvalue weighted by Crippen LogP contribution is 2.10. The molecule has 1 rings (SSSR count). The van der Waals surface area contributed by atoms with Crippen LogP contribution in [-0.4, -0.2) is 10.9 Å². The zero-order valence-corrected chi connectivity index (χ0v) is 7.78. The van der Waals surface area contributed by atoms with E-state index in [0.29, 0.717) is 5.56 Å². The highest BCUT2D eigenvalue weighted by Gasteiger charge is 1.99. The van der Waals surface area contributed by atoms with Gasteiger partial charge in [0.05, 0.1) is 6.26 Å². The number of aliphatic hydroxyl groups excluding tert-OH is 1. The van der Waals surface area contributed by atoms with Crippen molar-refractivity contribution in [3.8, 4) is 0 Å². The summed E-state index contributed by atoms with van der Waals surface area (Å²) in [6.45, 7) is 0. The number of carbonyl (C=O) groups excluding carboxylic acids is 1. The van der Waals surface area contributed by atoms with E-state index in [2.05, 4.69) is 15.9 Å². The molecule has 0 aliphatic heterocycles. The monoisotopic (exact) mass is 226 g/mol. The molecule has 0 radical (unpaired) electrons. The van der Waals surface area contributed by atoms with Gasteiger partial charge in [-0.1, -0.05) is 15.9 Å². The van der Waals surface area contributed by atoms with Gasteiger partial charge in [-0.3, -0.25) is 4.79 Å². The summed E-state index contributed by atoms with van der Waals surface area (Å²) >= 11 is 3.25. The quantitative estimate of drug-likeness (QED) is 0.479. The normalized spacial score (nSPS) is 10.4. The van der Waals surface area contributed by atoms with Crippen LogP contribution in [0.2, 0.25) is 0 Å². The molecule has 62 valence electrons. The Kier molecular flexibility index (Phi) is 3.05. The molecule has 3 heteroatoms. The van der Waals surface area contributed by atoms with E-state index >= 15 is 0 Å². The molecule has 0 fully saturated rings. The smallest absolute Gasteiger partial charge is 0.188 e. The highest BCUT2D eigenvalue weighted by molar-refractivity contribution is 9.10. The maximum absolute atomic E-state index is 11.1. The summed E-state index contributed by atoms with van der Waals surface area (Å²) in [5.74, 6) is -0.204. The number of carbonyl (C=O) groups is 1. The Morgan fingerprint density at radius 1 is 1.33 bits per heavy atom. The third-order valence-electron chi connectivity index (χ3n) is 1.35. The van der Waals surface area contributed by atoms with E-state index in [1.165, 1.54) is 0 Å². The van der Waals surface area contributed by atoms with Crippen LogP contribution >= 0.6 is 15.9 Å². The molecule has 0 saturated carbocycles. The number of halogens is 1. The van der Waals surface area contributed by atoms with Gasteiger partial charge in [-0.15, -0.1) is 0 Å². The Balaban J connectivity index is 2.90. The first-order chi connectivity index (χ1) is 5.74. The Morgan fingerprint density at radius 3 is 2.42 bits per heavy atom. The number of hydrogen-bond acceptors (Lipinski definition) is 2. The van der Waals surface area contributed by atoms with Crippen molar-refractivity contribution < 1.29 is 9.90 Å². The fourth-order valence-corrected chi connectivity index (χ4v) is 1.04. The molecule has 0 unspecified atom stereocenters. The van der Waals surface area contributed by atoms with Crippen LogP contribution in [0, 0.1) is 0 Å². The first kappa shape index (κ1) is 9.00. The number of aliphatic hydroxyl groups is 1. The van der Waals surface area contributed by atoms with Crippen molar-refractivity contribution >= 4 is 21.7 Å². The van der Waals surface area contributed by atoms with Gasteiger partial charge in [0.1, 0.15) is 0 Å². The van der Waals surface area contributed by atoms with E-state index in [1.54, 1.807) is 24.3 Å². The van der Waals surface area contributed by atoms with Gasteiger partial charge in [-0.25, -0.2) is 0 Å². The molecule has 12 heavy (non-hydrogen) atoms. The number of allylic oxidation sites excluding steroid dienone is 1. The van der Waals surface area contributed by atoms with Gasteiger partial charge in [0.15, 0.2) is 5.78 Å². The molecule has 0 heterocycles. The second-order valence-electron chi connectivity index (χ2n) is 2.19. The number of hydrogen-bond donors (Lipinski definition) is 1. The van der Waals surface area contributed by atoms with Crippen LogP contribution in [0.3, 0.4) is 0 Å². The van der Waals surface area contributed by atoms with Gasteiger partial charge in [-0.05, 0) is 24.3 Å². The van der Waals surface area contributed by atoms with Gasteiger partial charge in [-0.2, -0.15) is 0 Å². The van der Waals surface area contributed by atoms with Crippen molar-refractivity contribution in [3.63, 3.8) is 0 Å². The van der Waals surface area contributed by atoms with Crippen LogP contribution in [0.4, 0.5) is 0 Å². The molecule has 0 saturated heterocycles. The van der Waals surface area contributed by atoms with E-state index in [1.807, 2.05) is 0 Å². The SMILES string of the molecule is O=C(C=CO)c1ccc(Br)cc1. The molecule has 1 aromatic rings. The molecule has 1 aromatic carbocycles. The summed E-state index contributed by atoms with van der Waals surface area (Å²) in [5, 5.41) is 8.34. The molecule has 2 nitrogen and oxygen atoms in total. The first-order valence-electron chi connectivity index (χ1n) is 3.34. The van der Waals surface area contributed by atoms with Crippen LogP contribution in [0.5, 0.6) is 0 Å². The van der Waals surface area contributed by atoms with Crippen molar-refractivity contribution in [1.82, 2.24) is 0 Å². The van der Waals surface area contributed by atoms with Crippen molar-refractivity contribution in [2.24, 2.45) is 0 Å². The van der Waals surface area contributed by atoms with Gasteiger partial charge >= 0.3 is 0 Å².